The van der Waals surface area contributed by atoms with E-state index >= 15 is 0 Å². The summed E-state index contributed by atoms with van der Waals surface area (Å²) in [4.78, 5) is 27.8. The first-order chi connectivity index (χ1) is 20.3. The number of hydrogen-bond acceptors (Lipinski definition) is 8. The Morgan fingerprint density at radius 3 is 2.55 bits per heavy atom. The van der Waals surface area contributed by atoms with Gasteiger partial charge in [0.05, 0.1) is 23.9 Å². The molecule has 1 aromatic heterocycles. The highest BCUT2D eigenvalue weighted by molar-refractivity contribution is 8.18. The number of halogens is 2. The fraction of sp³-hybridized carbons (Fsp3) is 0.0667. The van der Waals surface area contributed by atoms with Gasteiger partial charge in [-0.1, -0.05) is 23.2 Å². The zero-order chi connectivity index (χ0) is 29.5. The number of carbonyl (C=O) groups excluding carboxylic acids is 2. The molecule has 9 nitrogen and oxygen atoms in total. The Labute approximate surface area is 255 Å². The van der Waals surface area contributed by atoms with Gasteiger partial charge in [-0.2, -0.15) is 5.10 Å². The third-order valence-electron chi connectivity index (χ3n) is 5.77. The number of hydrogen-bond donors (Lipinski definition) is 2. The second kappa shape index (κ2) is 13.4. The van der Waals surface area contributed by atoms with E-state index in [-0.39, 0.29) is 30.7 Å². The molecule has 42 heavy (non-hydrogen) atoms. The lowest BCUT2D eigenvalue weighted by molar-refractivity contribution is -0.122. The summed E-state index contributed by atoms with van der Waals surface area (Å²) in [5.41, 5.74) is 1.81. The molecule has 0 unspecified atom stereocenters. The average Bonchev–Trinajstić information content (AvgIpc) is 3.59. The predicted octanol–water partition coefficient (Wildman–Crippen LogP) is 6.82. The summed E-state index contributed by atoms with van der Waals surface area (Å²) in [6.07, 6.45) is 4.67. The molecule has 2 heterocycles. The van der Waals surface area contributed by atoms with Crippen molar-refractivity contribution >= 4 is 69.9 Å². The van der Waals surface area contributed by atoms with E-state index in [4.69, 9.17) is 32.4 Å². The number of rotatable bonds is 9. The van der Waals surface area contributed by atoms with Crippen LogP contribution in [0.1, 0.15) is 16.9 Å². The Kier molecular flexibility index (Phi) is 9.28. The third-order valence-corrected chi connectivity index (χ3v) is 7.25. The van der Waals surface area contributed by atoms with Gasteiger partial charge in [0.1, 0.15) is 17.3 Å². The highest BCUT2D eigenvalue weighted by Crippen LogP contribution is 2.36. The Balaban J connectivity index is 1.36. The number of phenolic OH excluding ortho intramolecular Hbond substituents is 1. The molecule has 3 aromatic carbocycles. The first kappa shape index (κ1) is 29.0. The molecule has 0 spiro atoms. The summed E-state index contributed by atoms with van der Waals surface area (Å²) >= 11 is 13.3. The second-order valence-corrected chi connectivity index (χ2v) is 10.7. The van der Waals surface area contributed by atoms with E-state index in [1.54, 1.807) is 84.9 Å². The van der Waals surface area contributed by atoms with Gasteiger partial charge in [-0.3, -0.25) is 14.5 Å². The zero-order valence-corrected chi connectivity index (χ0v) is 24.1. The van der Waals surface area contributed by atoms with Gasteiger partial charge in [-0.15, -0.1) is 5.10 Å². The van der Waals surface area contributed by atoms with E-state index < -0.39 is 0 Å². The minimum Gasteiger partial charge on any atom is -0.508 e. The maximum absolute atomic E-state index is 13.5. The molecule has 1 fully saturated rings. The van der Waals surface area contributed by atoms with Crippen molar-refractivity contribution in [2.24, 2.45) is 10.2 Å². The number of aromatic hydroxyl groups is 1. The van der Waals surface area contributed by atoms with Crippen LogP contribution in [0.25, 0.3) is 6.08 Å². The standard InChI is InChI=1S/C30H22Cl2N4O5S/c31-21-5-8-23(9-6-21)34-28(38)18-41-26-12-7-22(32)14-20(26)15-27-29(39)36(17-25-2-1-13-40-25)30(42-27)35-33-16-19-3-10-24(37)11-4-19/h1-16,37H,17-18H2,(H,34,38)/b27-15-,33-16+,35-30-. The predicted molar refractivity (Wildman–Crippen MR) is 165 cm³/mol. The van der Waals surface area contributed by atoms with Gasteiger partial charge in [0.25, 0.3) is 11.8 Å². The van der Waals surface area contributed by atoms with Crippen LogP contribution < -0.4 is 10.1 Å². The molecule has 5 rings (SSSR count). The number of amides is 2. The Morgan fingerprint density at radius 1 is 1.05 bits per heavy atom. The fourth-order valence-electron chi connectivity index (χ4n) is 3.76. The van der Waals surface area contributed by atoms with Crippen LogP contribution in [-0.2, 0) is 16.1 Å². The number of thioether (sulfide) groups is 1. The molecule has 0 bridgehead atoms. The van der Waals surface area contributed by atoms with Crippen molar-refractivity contribution in [3.63, 3.8) is 0 Å². The van der Waals surface area contributed by atoms with Crippen LogP contribution in [0.3, 0.4) is 0 Å². The average molecular weight is 622 g/mol. The molecule has 0 radical (unpaired) electrons. The number of nitrogens with one attached hydrogen (secondary N) is 1. The van der Waals surface area contributed by atoms with Crippen molar-refractivity contribution in [2.45, 2.75) is 6.54 Å². The lowest BCUT2D eigenvalue weighted by Gasteiger charge is -2.13. The number of benzene rings is 3. The number of furan rings is 1. The number of anilines is 1. The van der Waals surface area contributed by atoms with Crippen LogP contribution in [0.15, 0.2) is 105 Å². The van der Waals surface area contributed by atoms with Crippen molar-refractivity contribution in [2.75, 3.05) is 11.9 Å². The summed E-state index contributed by atoms with van der Waals surface area (Å²) in [5.74, 6) is 0.379. The molecule has 212 valence electrons. The van der Waals surface area contributed by atoms with Gasteiger partial charge >= 0.3 is 0 Å². The SMILES string of the molecule is O=C(COc1ccc(Cl)cc1/C=C1\S/C(=N\N=C\c2ccc(O)cc2)N(Cc2ccco2)C1=O)Nc1ccc(Cl)cc1. The number of amidine groups is 1. The normalized spacial score (nSPS) is 15.2. The van der Waals surface area contributed by atoms with E-state index in [1.807, 2.05) is 0 Å². The second-order valence-electron chi connectivity index (χ2n) is 8.83. The molecular weight excluding hydrogens is 599 g/mol. The van der Waals surface area contributed by atoms with Gasteiger partial charge < -0.3 is 19.6 Å². The molecule has 1 aliphatic rings. The lowest BCUT2D eigenvalue weighted by atomic mass is 10.2. The zero-order valence-electron chi connectivity index (χ0n) is 21.7. The first-order valence-electron chi connectivity index (χ1n) is 12.5. The topological polar surface area (TPSA) is 117 Å². The van der Waals surface area contributed by atoms with E-state index in [0.717, 1.165) is 17.3 Å². The Bertz CT molecular complexity index is 1670. The molecule has 0 saturated carbocycles. The smallest absolute Gasteiger partial charge is 0.267 e. The molecule has 12 heteroatoms. The van der Waals surface area contributed by atoms with Gasteiger partial charge in [0.15, 0.2) is 11.8 Å². The first-order valence-corrected chi connectivity index (χ1v) is 14.0. The maximum atomic E-state index is 13.5. The molecule has 0 aliphatic carbocycles. The maximum Gasteiger partial charge on any atom is 0.267 e. The highest BCUT2D eigenvalue weighted by atomic mass is 35.5. The van der Waals surface area contributed by atoms with Gasteiger partial charge in [-0.25, -0.2) is 0 Å². The summed E-state index contributed by atoms with van der Waals surface area (Å²) in [6.45, 7) is -0.127. The molecule has 1 saturated heterocycles. The lowest BCUT2D eigenvalue weighted by Crippen LogP contribution is -2.28. The minimum atomic E-state index is -0.372. The fourth-order valence-corrected chi connectivity index (χ4v) is 5.00. The largest absolute Gasteiger partial charge is 0.508 e. The van der Waals surface area contributed by atoms with Crippen molar-refractivity contribution in [1.29, 1.82) is 0 Å². The van der Waals surface area contributed by atoms with Gasteiger partial charge in [0.2, 0.25) is 0 Å². The molecule has 0 atom stereocenters. The third kappa shape index (κ3) is 7.61. The van der Waals surface area contributed by atoms with E-state index in [9.17, 15) is 14.7 Å². The van der Waals surface area contributed by atoms with Crippen LogP contribution in [-0.4, -0.2) is 39.8 Å². The van der Waals surface area contributed by atoms with Crippen molar-refractivity contribution in [1.82, 2.24) is 4.90 Å². The monoisotopic (exact) mass is 620 g/mol. The van der Waals surface area contributed by atoms with Crippen molar-refractivity contribution in [3.05, 3.63) is 117 Å². The van der Waals surface area contributed by atoms with Crippen LogP contribution in [0.4, 0.5) is 5.69 Å². The summed E-state index contributed by atoms with van der Waals surface area (Å²) in [7, 11) is 0. The number of nitrogens with zero attached hydrogens (tertiary/aromatic N) is 3. The Hall–Kier alpha value is -4.51. The molecule has 2 amide bonds. The van der Waals surface area contributed by atoms with Crippen LogP contribution in [0.2, 0.25) is 10.0 Å². The van der Waals surface area contributed by atoms with Crippen molar-refractivity contribution in [3.8, 4) is 11.5 Å². The highest BCUT2D eigenvalue weighted by Gasteiger charge is 2.34. The van der Waals surface area contributed by atoms with Gasteiger partial charge in [-0.05, 0) is 102 Å². The quantitative estimate of drug-likeness (QED) is 0.120. The van der Waals surface area contributed by atoms with E-state index in [0.29, 0.717) is 42.9 Å². The molecule has 1 aliphatic heterocycles. The summed E-state index contributed by atoms with van der Waals surface area (Å²) < 4.78 is 11.2. The van der Waals surface area contributed by atoms with Crippen molar-refractivity contribution < 1.29 is 23.8 Å². The van der Waals surface area contributed by atoms with Crippen LogP contribution >= 0.6 is 35.0 Å². The van der Waals surface area contributed by atoms with E-state index in [2.05, 4.69) is 15.5 Å². The molecule has 4 aromatic rings. The van der Waals surface area contributed by atoms with Crippen LogP contribution in [0.5, 0.6) is 11.5 Å². The molecule has 2 N–H and O–H groups in total. The molecular formula is C30H22Cl2N4O5S. The minimum absolute atomic E-state index is 0.140. The van der Waals surface area contributed by atoms with E-state index in [1.165, 1.54) is 17.4 Å². The summed E-state index contributed by atoms with van der Waals surface area (Å²) in [5, 5.41) is 22.0. The summed E-state index contributed by atoms with van der Waals surface area (Å²) in [6, 6.07) is 21.6. The number of phenols is 1. The Morgan fingerprint density at radius 2 is 1.81 bits per heavy atom. The van der Waals surface area contributed by atoms with Gasteiger partial charge in [0, 0.05) is 21.3 Å². The van der Waals surface area contributed by atoms with Crippen LogP contribution in [0, 0.1) is 0 Å². The number of ether oxygens (including phenoxy) is 1. The number of carbonyl (C=O) groups is 2.